The van der Waals surface area contributed by atoms with Crippen molar-refractivity contribution in [3.63, 3.8) is 0 Å². The lowest BCUT2D eigenvalue weighted by Crippen LogP contribution is -2.13. The number of rotatable bonds is 6. The molecule has 1 aromatic rings. The third kappa shape index (κ3) is 4.20. The molecule has 0 aliphatic rings. The van der Waals surface area contributed by atoms with Crippen LogP contribution in [0, 0.1) is 10.1 Å². The Balaban J connectivity index is 3.08. The number of carbonyl (C=O) groups excluding carboxylic acids is 2. The monoisotopic (exact) mass is 278 g/mol. The highest BCUT2D eigenvalue weighted by atomic mass is 16.6. The summed E-state index contributed by atoms with van der Waals surface area (Å²) in [5, 5.41) is 10.6. The minimum atomic E-state index is -0.799. The van der Waals surface area contributed by atoms with Crippen LogP contribution < -0.4 is 5.73 Å². The maximum atomic E-state index is 11.8. The molecule has 0 bridgehead atoms. The van der Waals surface area contributed by atoms with Gasteiger partial charge < -0.3 is 10.5 Å². The van der Waals surface area contributed by atoms with Gasteiger partial charge in [-0.2, -0.15) is 0 Å². The van der Waals surface area contributed by atoms with Gasteiger partial charge in [-0.25, -0.2) is 4.79 Å². The molecular weight excluding hydrogens is 264 g/mol. The first-order valence-corrected chi connectivity index (χ1v) is 5.88. The van der Waals surface area contributed by atoms with E-state index in [1.807, 2.05) is 6.92 Å². The smallest absolute Gasteiger partial charge is 0.338 e. The van der Waals surface area contributed by atoms with Gasteiger partial charge in [-0.05, 0) is 24.1 Å². The van der Waals surface area contributed by atoms with E-state index in [9.17, 15) is 19.7 Å². The molecule has 0 atom stereocenters. The number of nitrogens with two attached hydrogens (primary N) is 1. The summed E-state index contributed by atoms with van der Waals surface area (Å²) in [4.78, 5) is 32.8. The molecule has 0 heterocycles. The molecule has 0 spiro atoms. The molecule has 1 aromatic carbocycles. The molecule has 0 saturated carbocycles. The zero-order chi connectivity index (χ0) is 15.1. The van der Waals surface area contributed by atoms with Crippen molar-refractivity contribution in [1.29, 1.82) is 0 Å². The van der Waals surface area contributed by atoms with E-state index in [4.69, 9.17) is 10.5 Å². The van der Waals surface area contributed by atoms with Crippen molar-refractivity contribution in [3.8, 4) is 0 Å². The summed E-state index contributed by atoms with van der Waals surface area (Å²) in [6.45, 7) is 2.04. The molecule has 7 heteroatoms. The highest BCUT2D eigenvalue weighted by Gasteiger charge is 2.16. The summed E-state index contributed by atoms with van der Waals surface area (Å²) in [7, 11) is 0. The number of nitro benzene ring substituents is 1. The van der Waals surface area contributed by atoms with Crippen LogP contribution >= 0.6 is 0 Å². The molecule has 20 heavy (non-hydrogen) atoms. The number of nitrogens with zero attached hydrogens (tertiary/aromatic N) is 1. The first kappa shape index (κ1) is 15.4. The van der Waals surface area contributed by atoms with Crippen LogP contribution in [0.1, 0.15) is 18.9 Å². The lowest BCUT2D eigenvalue weighted by atomic mass is 10.1. The van der Waals surface area contributed by atoms with Crippen molar-refractivity contribution in [2.75, 3.05) is 6.61 Å². The summed E-state index contributed by atoms with van der Waals surface area (Å²) < 4.78 is 4.94. The van der Waals surface area contributed by atoms with Crippen LogP contribution in [0.15, 0.2) is 30.3 Å². The third-order valence-electron chi connectivity index (χ3n) is 2.33. The fourth-order valence-electron chi connectivity index (χ4n) is 1.44. The number of amides is 1. The number of ether oxygens (including phenoxy) is 1. The lowest BCUT2D eigenvalue weighted by molar-refractivity contribution is -0.384. The third-order valence-corrected chi connectivity index (χ3v) is 2.33. The number of carbonyl (C=O) groups is 2. The molecule has 0 unspecified atom stereocenters. The lowest BCUT2D eigenvalue weighted by Gasteiger charge is -2.07. The molecule has 0 radical (unpaired) electrons. The molecule has 0 fully saturated rings. The first-order chi connectivity index (χ1) is 9.45. The Kier molecular flexibility index (Phi) is 5.40. The van der Waals surface area contributed by atoms with Crippen molar-refractivity contribution in [1.82, 2.24) is 0 Å². The summed E-state index contributed by atoms with van der Waals surface area (Å²) >= 11 is 0. The quantitative estimate of drug-likeness (QED) is 0.366. The molecule has 0 aromatic heterocycles. The van der Waals surface area contributed by atoms with E-state index in [1.54, 1.807) is 0 Å². The molecule has 0 saturated heterocycles. The minimum absolute atomic E-state index is 0.0270. The number of esters is 1. The number of non-ortho nitro benzene ring substituents is 1. The van der Waals surface area contributed by atoms with Gasteiger partial charge in [0.2, 0.25) is 5.91 Å². The number of nitro groups is 1. The van der Waals surface area contributed by atoms with E-state index in [0.29, 0.717) is 12.0 Å². The topological polar surface area (TPSA) is 113 Å². The van der Waals surface area contributed by atoms with Crippen molar-refractivity contribution in [2.24, 2.45) is 5.73 Å². The van der Waals surface area contributed by atoms with Crippen LogP contribution in [0.3, 0.4) is 0 Å². The average Bonchev–Trinajstić information content (AvgIpc) is 2.42. The van der Waals surface area contributed by atoms with E-state index in [1.165, 1.54) is 24.3 Å². The van der Waals surface area contributed by atoms with Crippen molar-refractivity contribution in [2.45, 2.75) is 13.3 Å². The molecule has 7 nitrogen and oxygen atoms in total. The Labute approximate surface area is 115 Å². The average molecular weight is 278 g/mol. The molecule has 1 amide bonds. The van der Waals surface area contributed by atoms with Crippen LogP contribution in [0.5, 0.6) is 0 Å². The molecule has 0 aliphatic carbocycles. The van der Waals surface area contributed by atoms with Gasteiger partial charge in [-0.15, -0.1) is 0 Å². The second-order valence-electron chi connectivity index (χ2n) is 3.90. The predicted octanol–water partition coefficient (Wildman–Crippen LogP) is 1.42. The van der Waals surface area contributed by atoms with E-state index in [0.717, 1.165) is 6.08 Å². The highest BCUT2D eigenvalue weighted by Crippen LogP contribution is 2.20. The van der Waals surface area contributed by atoms with E-state index < -0.39 is 16.8 Å². The van der Waals surface area contributed by atoms with Gasteiger partial charge in [0.15, 0.2) is 0 Å². The van der Waals surface area contributed by atoms with Gasteiger partial charge in [0.25, 0.3) is 5.69 Å². The van der Waals surface area contributed by atoms with E-state index in [-0.39, 0.29) is 17.9 Å². The normalized spacial score (nSPS) is 10.9. The maximum absolute atomic E-state index is 11.8. The molecule has 1 rings (SSSR count). The molecule has 0 aliphatic heterocycles. The van der Waals surface area contributed by atoms with Crippen LogP contribution in [0.4, 0.5) is 5.69 Å². The Hall–Kier alpha value is -2.70. The zero-order valence-corrected chi connectivity index (χ0v) is 10.9. The number of hydrogen-bond acceptors (Lipinski definition) is 5. The number of hydrogen-bond donors (Lipinski definition) is 1. The Morgan fingerprint density at radius 3 is 2.40 bits per heavy atom. The van der Waals surface area contributed by atoms with Crippen molar-refractivity contribution >= 4 is 23.1 Å². The van der Waals surface area contributed by atoms with Crippen LogP contribution in [-0.4, -0.2) is 23.4 Å². The Morgan fingerprint density at radius 2 is 1.95 bits per heavy atom. The zero-order valence-electron chi connectivity index (χ0n) is 10.9. The van der Waals surface area contributed by atoms with E-state index in [2.05, 4.69) is 0 Å². The summed E-state index contributed by atoms with van der Waals surface area (Å²) in [6.07, 6.45) is 1.58. The minimum Gasteiger partial charge on any atom is -0.462 e. The molecule has 106 valence electrons. The van der Waals surface area contributed by atoms with Crippen LogP contribution in [0.2, 0.25) is 0 Å². The maximum Gasteiger partial charge on any atom is 0.338 e. The highest BCUT2D eigenvalue weighted by molar-refractivity contribution is 6.20. The van der Waals surface area contributed by atoms with Gasteiger partial charge in [-0.3, -0.25) is 14.9 Å². The summed E-state index contributed by atoms with van der Waals surface area (Å²) in [5.41, 5.74) is 5.23. The second kappa shape index (κ2) is 7.03. The Morgan fingerprint density at radius 1 is 1.35 bits per heavy atom. The van der Waals surface area contributed by atoms with Crippen molar-refractivity contribution < 1.29 is 19.2 Å². The van der Waals surface area contributed by atoms with Crippen LogP contribution in [-0.2, 0) is 14.3 Å². The first-order valence-electron chi connectivity index (χ1n) is 5.88. The SMILES string of the molecule is CCCOC(=O)/C(=C\C(N)=O)c1ccc([N+](=O)[O-])cc1. The summed E-state index contributed by atoms with van der Waals surface area (Å²) in [5.74, 6) is -1.49. The molecular formula is C13H14N2O5. The van der Waals surface area contributed by atoms with E-state index >= 15 is 0 Å². The number of benzene rings is 1. The fourth-order valence-corrected chi connectivity index (χ4v) is 1.44. The van der Waals surface area contributed by atoms with Gasteiger partial charge in [0.1, 0.15) is 0 Å². The fraction of sp³-hybridized carbons (Fsp3) is 0.231. The summed E-state index contributed by atoms with van der Waals surface area (Å²) in [6, 6.07) is 5.19. The Bertz CT molecular complexity index is 548. The van der Waals surface area contributed by atoms with Gasteiger partial charge in [0, 0.05) is 18.2 Å². The van der Waals surface area contributed by atoms with Gasteiger partial charge in [0.05, 0.1) is 17.1 Å². The van der Waals surface area contributed by atoms with Gasteiger partial charge in [-0.1, -0.05) is 6.92 Å². The van der Waals surface area contributed by atoms with Crippen LogP contribution in [0.25, 0.3) is 5.57 Å². The molecule has 2 N–H and O–H groups in total. The standard InChI is InChI=1S/C13H14N2O5/c1-2-7-20-13(17)11(8-12(14)16)9-3-5-10(6-4-9)15(18)19/h3-6,8H,2,7H2,1H3,(H2,14,16)/b11-8-. The predicted molar refractivity (Wildman–Crippen MR) is 71.5 cm³/mol. The van der Waals surface area contributed by atoms with Gasteiger partial charge >= 0.3 is 5.97 Å². The largest absolute Gasteiger partial charge is 0.462 e. The second-order valence-corrected chi connectivity index (χ2v) is 3.90. The van der Waals surface area contributed by atoms with Crippen molar-refractivity contribution in [3.05, 3.63) is 46.0 Å². The number of primary amides is 1.